The van der Waals surface area contributed by atoms with Gasteiger partial charge in [-0.2, -0.15) is 0 Å². The van der Waals surface area contributed by atoms with E-state index in [2.05, 4.69) is 30.7 Å². The monoisotopic (exact) mass is 208 g/mol. The van der Waals surface area contributed by atoms with Gasteiger partial charge in [0.05, 0.1) is 5.69 Å². The van der Waals surface area contributed by atoms with E-state index in [0.29, 0.717) is 6.54 Å². The fourth-order valence-corrected chi connectivity index (χ4v) is 1.24. The molecule has 0 amide bonds. The number of nitrogens with zero attached hydrogens (tertiary/aromatic N) is 3. The number of hydrogen-bond donors (Lipinski definition) is 1. The minimum absolute atomic E-state index is 0.0568. The molecule has 0 radical (unpaired) electrons. The SMILES string of the molecule is CN(CCN)c1nccc(C(C)(C)C)n1. The Morgan fingerprint density at radius 1 is 1.40 bits per heavy atom. The first-order valence-electron chi connectivity index (χ1n) is 5.20. The summed E-state index contributed by atoms with van der Waals surface area (Å²) in [5, 5.41) is 0. The van der Waals surface area contributed by atoms with Crippen LogP contribution in [-0.2, 0) is 5.41 Å². The zero-order valence-corrected chi connectivity index (χ0v) is 9.99. The predicted molar refractivity (Wildman–Crippen MR) is 63.1 cm³/mol. The van der Waals surface area contributed by atoms with Gasteiger partial charge in [-0.3, -0.25) is 0 Å². The molecule has 0 aliphatic heterocycles. The van der Waals surface area contributed by atoms with E-state index in [1.165, 1.54) is 0 Å². The highest BCUT2D eigenvalue weighted by Crippen LogP contribution is 2.20. The van der Waals surface area contributed by atoms with E-state index in [-0.39, 0.29) is 5.41 Å². The molecule has 1 heterocycles. The molecule has 0 saturated heterocycles. The van der Waals surface area contributed by atoms with Gasteiger partial charge in [0, 0.05) is 31.7 Å². The number of hydrogen-bond acceptors (Lipinski definition) is 4. The zero-order chi connectivity index (χ0) is 11.5. The Bertz CT molecular complexity index is 317. The van der Waals surface area contributed by atoms with Crippen LogP contribution in [0.3, 0.4) is 0 Å². The number of nitrogens with two attached hydrogens (primary N) is 1. The van der Waals surface area contributed by atoms with Crippen LogP contribution in [0.5, 0.6) is 0 Å². The maximum atomic E-state index is 5.49. The number of likely N-dealkylation sites (N-methyl/N-ethyl adjacent to an activating group) is 1. The van der Waals surface area contributed by atoms with E-state index >= 15 is 0 Å². The van der Waals surface area contributed by atoms with Crippen molar-refractivity contribution in [2.45, 2.75) is 26.2 Å². The van der Waals surface area contributed by atoms with Crippen molar-refractivity contribution >= 4 is 5.95 Å². The van der Waals surface area contributed by atoms with Crippen molar-refractivity contribution in [2.75, 3.05) is 25.0 Å². The van der Waals surface area contributed by atoms with Crippen LogP contribution in [0.25, 0.3) is 0 Å². The summed E-state index contributed by atoms with van der Waals surface area (Å²) in [6, 6.07) is 1.96. The zero-order valence-electron chi connectivity index (χ0n) is 9.99. The molecule has 1 rings (SSSR count). The topological polar surface area (TPSA) is 55.0 Å². The Hall–Kier alpha value is -1.16. The lowest BCUT2D eigenvalue weighted by atomic mass is 9.92. The van der Waals surface area contributed by atoms with Crippen LogP contribution in [0, 0.1) is 0 Å². The van der Waals surface area contributed by atoms with Gasteiger partial charge >= 0.3 is 0 Å². The molecule has 0 aliphatic carbocycles. The first kappa shape index (κ1) is 11.9. The summed E-state index contributed by atoms with van der Waals surface area (Å²) in [6.45, 7) is 7.80. The Kier molecular flexibility index (Phi) is 3.63. The van der Waals surface area contributed by atoms with Gasteiger partial charge < -0.3 is 10.6 Å². The molecule has 0 atom stereocenters. The van der Waals surface area contributed by atoms with E-state index in [1.54, 1.807) is 6.20 Å². The molecule has 4 heteroatoms. The van der Waals surface area contributed by atoms with E-state index in [0.717, 1.165) is 18.2 Å². The molecular weight excluding hydrogens is 188 g/mol. The molecule has 1 aromatic rings. The molecule has 0 fully saturated rings. The summed E-state index contributed by atoms with van der Waals surface area (Å²) in [5.41, 5.74) is 6.60. The number of rotatable bonds is 3. The summed E-state index contributed by atoms with van der Waals surface area (Å²) >= 11 is 0. The van der Waals surface area contributed by atoms with Crippen LogP contribution in [0.2, 0.25) is 0 Å². The lowest BCUT2D eigenvalue weighted by molar-refractivity contribution is 0.566. The summed E-state index contributed by atoms with van der Waals surface area (Å²) in [6.07, 6.45) is 1.80. The van der Waals surface area contributed by atoms with Crippen molar-refractivity contribution < 1.29 is 0 Å². The van der Waals surface area contributed by atoms with Crippen LogP contribution in [0.15, 0.2) is 12.3 Å². The van der Waals surface area contributed by atoms with E-state index in [1.807, 2.05) is 18.0 Å². The van der Waals surface area contributed by atoms with Crippen molar-refractivity contribution in [1.82, 2.24) is 9.97 Å². The van der Waals surface area contributed by atoms with Crippen molar-refractivity contribution in [2.24, 2.45) is 5.73 Å². The van der Waals surface area contributed by atoms with Gasteiger partial charge in [0.15, 0.2) is 0 Å². The molecule has 0 unspecified atom stereocenters. The quantitative estimate of drug-likeness (QED) is 0.810. The lowest BCUT2D eigenvalue weighted by Crippen LogP contribution is -2.27. The van der Waals surface area contributed by atoms with Gasteiger partial charge in [-0.05, 0) is 6.07 Å². The third-order valence-electron chi connectivity index (χ3n) is 2.22. The second kappa shape index (κ2) is 4.57. The molecule has 0 saturated carbocycles. The third kappa shape index (κ3) is 3.16. The van der Waals surface area contributed by atoms with Gasteiger partial charge in [0.1, 0.15) is 0 Å². The first-order valence-corrected chi connectivity index (χ1v) is 5.20. The van der Waals surface area contributed by atoms with Gasteiger partial charge in [-0.25, -0.2) is 9.97 Å². The van der Waals surface area contributed by atoms with E-state index in [4.69, 9.17) is 5.73 Å². The van der Waals surface area contributed by atoms with Crippen LogP contribution < -0.4 is 10.6 Å². The van der Waals surface area contributed by atoms with Gasteiger partial charge in [-0.15, -0.1) is 0 Å². The van der Waals surface area contributed by atoms with Gasteiger partial charge in [0.25, 0.3) is 0 Å². The first-order chi connectivity index (χ1) is 6.95. The highest BCUT2D eigenvalue weighted by atomic mass is 15.2. The van der Waals surface area contributed by atoms with Crippen LogP contribution in [0.1, 0.15) is 26.5 Å². The van der Waals surface area contributed by atoms with Crippen LogP contribution >= 0.6 is 0 Å². The Morgan fingerprint density at radius 3 is 2.60 bits per heavy atom. The number of aromatic nitrogens is 2. The molecule has 0 spiro atoms. The Labute approximate surface area is 91.5 Å². The average molecular weight is 208 g/mol. The van der Waals surface area contributed by atoms with Gasteiger partial charge in [-0.1, -0.05) is 20.8 Å². The molecule has 1 aromatic heterocycles. The predicted octanol–water partition coefficient (Wildman–Crippen LogP) is 1.17. The number of anilines is 1. The normalized spacial score (nSPS) is 11.5. The van der Waals surface area contributed by atoms with E-state index in [9.17, 15) is 0 Å². The molecule has 2 N–H and O–H groups in total. The van der Waals surface area contributed by atoms with Crippen molar-refractivity contribution in [3.8, 4) is 0 Å². The second-order valence-corrected chi connectivity index (χ2v) is 4.70. The van der Waals surface area contributed by atoms with Crippen molar-refractivity contribution in [3.63, 3.8) is 0 Å². The Morgan fingerprint density at radius 2 is 2.07 bits per heavy atom. The Balaban J connectivity index is 2.92. The van der Waals surface area contributed by atoms with Crippen molar-refractivity contribution in [3.05, 3.63) is 18.0 Å². The summed E-state index contributed by atoms with van der Waals surface area (Å²) in [7, 11) is 1.95. The molecule has 0 bridgehead atoms. The van der Waals surface area contributed by atoms with Gasteiger partial charge in [0.2, 0.25) is 5.95 Å². The van der Waals surface area contributed by atoms with Crippen LogP contribution in [0.4, 0.5) is 5.95 Å². The fraction of sp³-hybridized carbons (Fsp3) is 0.636. The minimum atomic E-state index is 0.0568. The molecule has 0 aromatic carbocycles. The van der Waals surface area contributed by atoms with E-state index < -0.39 is 0 Å². The molecular formula is C11H20N4. The molecule has 0 aliphatic rings. The highest BCUT2D eigenvalue weighted by Gasteiger charge is 2.16. The lowest BCUT2D eigenvalue weighted by Gasteiger charge is -2.21. The average Bonchev–Trinajstić information content (AvgIpc) is 2.17. The third-order valence-corrected chi connectivity index (χ3v) is 2.22. The standard InChI is InChI=1S/C11H20N4/c1-11(2,3)9-5-7-13-10(14-9)15(4)8-6-12/h5,7H,6,8,12H2,1-4H3. The smallest absolute Gasteiger partial charge is 0.225 e. The summed E-state index contributed by atoms with van der Waals surface area (Å²) in [5.74, 6) is 0.743. The summed E-state index contributed by atoms with van der Waals surface area (Å²) < 4.78 is 0. The largest absolute Gasteiger partial charge is 0.343 e. The highest BCUT2D eigenvalue weighted by molar-refractivity contribution is 5.30. The van der Waals surface area contributed by atoms with Crippen LogP contribution in [-0.4, -0.2) is 30.1 Å². The fourth-order valence-electron chi connectivity index (χ4n) is 1.24. The van der Waals surface area contributed by atoms with Crippen molar-refractivity contribution in [1.29, 1.82) is 0 Å². The maximum Gasteiger partial charge on any atom is 0.225 e. The minimum Gasteiger partial charge on any atom is -0.343 e. The molecule has 15 heavy (non-hydrogen) atoms. The molecule has 84 valence electrons. The molecule has 4 nitrogen and oxygen atoms in total. The summed E-state index contributed by atoms with van der Waals surface area (Å²) in [4.78, 5) is 10.7. The second-order valence-electron chi connectivity index (χ2n) is 4.70. The maximum absolute atomic E-state index is 5.49.